The molecule has 0 saturated carbocycles. The van der Waals surface area contributed by atoms with E-state index >= 15 is 0 Å². The van der Waals surface area contributed by atoms with E-state index in [4.69, 9.17) is 10.8 Å². The number of fused-ring (bicyclic) bond motifs is 1. The lowest BCUT2D eigenvalue weighted by molar-refractivity contribution is -0.136. The summed E-state index contributed by atoms with van der Waals surface area (Å²) >= 11 is 0. The number of nitrogen functional groups attached to an aromatic ring is 1. The van der Waals surface area contributed by atoms with Gasteiger partial charge >= 0.3 is 5.97 Å². The molecule has 0 saturated heterocycles. The lowest BCUT2D eigenvalue weighted by atomic mass is 10.0. The maximum Gasteiger partial charge on any atom is 0.304 e. The van der Waals surface area contributed by atoms with Crippen LogP contribution < -0.4 is 10.0 Å². The van der Waals surface area contributed by atoms with Gasteiger partial charge in [0.25, 0.3) is 0 Å². The number of nitrogens with two attached hydrogens (primary N) is 1. The minimum absolute atomic E-state index is 0.383. The van der Waals surface area contributed by atoms with Crippen molar-refractivity contribution in [3.05, 3.63) is 23.8 Å². The molecule has 0 atom stereocenters. The van der Waals surface area contributed by atoms with Crippen LogP contribution in [0.4, 0.5) is 11.4 Å². The summed E-state index contributed by atoms with van der Waals surface area (Å²) in [5.74, 6) is -1.50. The molecule has 7 heteroatoms. The van der Waals surface area contributed by atoms with Crippen LogP contribution in [0.2, 0.25) is 0 Å². The van der Waals surface area contributed by atoms with E-state index in [0.717, 1.165) is 12.0 Å². The van der Waals surface area contributed by atoms with Gasteiger partial charge in [0.1, 0.15) is 0 Å². The number of carboxylic acid groups (broad SMARTS) is 1. The van der Waals surface area contributed by atoms with Gasteiger partial charge in [-0.15, -0.1) is 0 Å². The van der Waals surface area contributed by atoms with Crippen LogP contribution >= 0.6 is 0 Å². The Morgan fingerprint density at radius 1 is 1.42 bits per heavy atom. The molecule has 1 aromatic carbocycles. The van der Waals surface area contributed by atoms with E-state index in [1.807, 2.05) is 0 Å². The number of carbonyl (C=O) groups is 1. The summed E-state index contributed by atoms with van der Waals surface area (Å²) in [6.07, 6.45) is 1.11. The molecule has 0 radical (unpaired) electrons. The summed E-state index contributed by atoms with van der Waals surface area (Å²) in [5.41, 5.74) is 7.80. The normalized spacial score (nSPS) is 15.1. The van der Waals surface area contributed by atoms with Gasteiger partial charge in [-0.3, -0.25) is 9.10 Å². The van der Waals surface area contributed by atoms with Crippen molar-refractivity contribution in [3.63, 3.8) is 0 Å². The average Bonchev–Trinajstić information content (AvgIpc) is 2.35. The van der Waals surface area contributed by atoms with Gasteiger partial charge in [0.15, 0.2) is 0 Å². The van der Waals surface area contributed by atoms with Crippen LogP contribution in [0.15, 0.2) is 18.2 Å². The van der Waals surface area contributed by atoms with Gasteiger partial charge in [-0.1, -0.05) is 0 Å². The Morgan fingerprint density at radius 2 is 2.16 bits per heavy atom. The Balaban J connectivity index is 2.30. The second kappa shape index (κ2) is 5.08. The molecule has 6 nitrogen and oxygen atoms in total. The molecule has 104 valence electrons. The Hall–Kier alpha value is -1.76. The van der Waals surface area contributed by atoms with E-state index in [1.165, 1.54) is 4.31 Å². The first-order valence-corrected chi connectivity index (χ1v) is 7.62. The van der Waals surface area contributed by atoms with Gasteiger partial charge in [0.2, 0.25) is 10.0 Å². The number of aryl methyl sites for hydroxylation is 1. The van der Waals surface area contributed by atoms with Crippen molar-refractivity contribution in [2.75, 3.05) is 22.3 Å². The molecule has 2 rings (SSSR count). The van der Waals surface area contributed by atoms with Crippen molar-refractivity contribution in [2.45, 2.75) is 19.3 Å². The molecule has 0 unspecified atom stereocenters. The fourth-order valence-electron chi connectivity index (χ4n) is 2.20. The number of rotatable bonds is 4. The minimum atomic E-state index is -3.59. The smallest absolute Gasteiger partial charge is 0.304 e. The average molecular weight is 284 g/mol. The van der Waals surface area contributed by atoms with Crippen LogP contribution in [-0.4, -0.2) is 31.8 Å². The highest BCUT2D eigenvalue weighted by molar-refractivity contribution is 7.92. The fraction of sp³-hybridized carbons (Fsp3) is 0.417. The number of anilines is 2. The van der Waals surface area contributed by atoms with E-state index in [1.54, 1.807) is 18.2 Å². The standard InChI is InChI=1S/C12H16N2O4S/c13-10-3-4-11-9(8-10)2-1-6-14(11)19(17,18)7-5-12(15)16/h3-4,8H,1-2,5-7,13H2,(H,15,16). The van der Waals surface area contributed by atoms with Crippen molar-refractivity contribution in [3.8, 4) is 0 Å². The van der Waals surface area contributed by atoms with Crippen molar-refractivity contribution in [1.82, 2.24) is 0 Å². The van der Waals surface area contributed by atoms with E-state index in [-0.39, 0.29) is 12.2 Å². The molecule has 0 amide bonds. The van der Waals surface area contributed by atoms with E-state index < -0.39 is 16.0 Å². The molecular weight excluding hydrogens is 268 g/mol. The topological polar surface area (TPSA) is 101 Å². The summed E-state index contributed by atoms with van der Waals surface area (Å²) in [5, 5.41) is 8.61. The third kappa shape index (κ3) is 2.98. The molecule has 0 bridgehead atoms. The Kier molecular flexibility index (Phi) is 3.66. The van der Waals surface area contributed by atoms with Gasteiger partial charge < -0.3 is 10.8 Å². The molecule has 0 fully saturated rings. The van der Waals surface area contributed by atoms with E-state index in [9.17, 15) is 13.2 Å². The second-order valence-corrected chi connectivity index (χ2v) is 6.54. The van der Waals surface area contributed by atoms with E-state index in [2.05, 4.69) is 0 Å². The maximum atomic E-state index is 12.2. The number of sulfonamides is 1. The zero-order valence-electron chi connectivity index (χ0n) is 10.4. The molecule has 1 aliphatic rings. The Bertz CT molecular complexity index is 598. The summed E-state index contributed by atoms with van der Waals surface area (Å²) < 4.78 is 25.6. The third-order valence-corrected chi connectivity index (χ3v) is 4.86. The fourth-order valence-corrected chi connectivity index (χ4v) is 3.74. The number of nitrogens with zero attached hydrogens (tertiary/aromatic N) is 1. The summed E-state index contributed by atoms with van der Waals surface area (Å²) in [6, 6.07) is 5.11. The lowest BCUT2D eigenvalue weighted by Gasteiger charge is -2.30. The molecule has 1 aromatic rings. The first-order chi connectivity index (χ1) is 8.90. The molecule has 3 N–H and O–H groups in total. The van der Waals surface area contributed by atoms with Gasteiger partial charge in [-0.2, -0.15) is 0 Å². The first kappa shape index (κ1) is 13.7. The van der Waals surface area contributed by atoms with Crippen molar-refractivity contribution < 1.29 is 18.3 Å². The summed E-state index contributed by atoms with van der Waals surface area (Å²) in [4.78, 5) is 10.5. The zero-order chi connectivity index (χ0) is 14.0. The Labute approximate surface area is 111 Å². The number of carboxylic acids is 1. The van der Waals surface area contributed by atoms with Crippen LogP contribution in [0.1, 0.15) is 18.4 Å². The molecule has 19 heavy (non-hydrogen) atoms. The number of hydrogen-bond acceptors (Lipinski definition) is 4. The third-order valence-electron chi connectivity index (χ3n) is 3.09. The molecule has 0 aliphatic carbocycles. The highest BCUT2D eigenvalue weighted by atomic mass is 32.2. The molecule has 1 heterocycles. The van der Waals surface area contributed by atoms with Gasteiger partial charge in [-0.05, 0) is 36.6 Å². The quantitative estimate of drug-likeness (QED) is 0.797. The van der Waals surface area contributed by atoms with Crippen molar-refractivity contribution in [2.24, 2.45) is 0 Å². The predicted molar refractivity (Wildman–Crippen MR) is 72.6 cm³/mol. The number of benzene rings is 1. The highest BCUT2D eigenvalue weighted by Crippen LogP contribution is 2.31. The molecule has 0 aromatic heterocycles. The monoisotopic (exact) mass is 284 g/mol. The minimum Gasteiger partial charge on any atom is -0.481 e. The molecule has 1 aliphatic heterocycles. The summed E-state index contributed by atoms with van der Waals surface area (Å²) in [6.45, 7) is 0.388. The van der Waals surface area contributed by atoms with Crippen molar-refractivity contribution >= 4 is 27.4 Å². The highest BCUT2D eigenvalue weighted by Gasteiger charge is 2.27. The van der Waals surface area contributed by atoms with Crippen molar-refractivity contribution in [1.29, 1.82) is 0 Å². The largest absolute Gasteiger partial charge is 0.481 e. The number of hydrogen-bond donors (Lipinski definition) is 2. The van der Waals surface area contributed by atoms with Crippen LogP contribution in [0.3, 0.4) is 0 Å². The van der Waals surface area contributed by atoms with Crippen LogP contribution in [0.25, 0.3) is 0 Å². The SMILES string of the molecule is Nc1ccc2c(c1)CCCN2S(=O)(=O)CCC(=O)O. The van der Waals surface area contributed by atoms with Crippen LogP contribution in [0.5, 0.6) is 0 Å². The Morgan fingerprint density at radius 3 is 2.84 bits per heavy atom. The van der Waals surface area contributed by atoms with Crippen LogP contribution in [0, 0.1) is 0 Å². The second-order valence-electron chi connectivity index (χ2n) is 4.52. The van der Waals surface area contributed by atoms with Gasteiger partial charge in [0.05, 0.1) is 17.9 Å². The molecule has 0 spiro atoms. The maximum absolute atomic E-state index is 12.2. The number of aliphatic carboxylic acids is 1. The summed E-state index contributed by atoms with van der Waals surface area (Å²) in [7, 11) is -3.59. The van der Waals surface area contributed by atoms with Crippen LogP contribution in [-0.2, 0) is 21.2 Å². The first-order valence-electron chi connectivity index (χ1n) is 6.01. The lowest BCUT2D eigenvalue weighted by Crippen LogP contribution is -2.37. The zero-order valence-corrected chi connectivity index (χ0v) is 11.2. The molecular formula is C12H16N2O4S. The van der Waals surface area contributed by atoms with Gasteiger partial charge in [-0.25, -0.2) is 8.42 Å². The predicted octanol–water partition coefficient (Wildman–Crippen LogP) is 0.826. The van der Waals surface area contributed by atoms with Gasteiger partial charge in [0, 0.05) is 12.2 Å². The van der Waals surface area contributed by atoms with E-state index in [0.29, 0.717) is 24.3 Å².